The average Bonchev–Trinajstić information content (AvgIpc) is 3.78. The first kappa shape index (κ1) is 30.8. The van der Waals surface area contributed by atoms with Crippen LogP contribution in [0, 0.1) is 21.7 Å². The Bertz CT molecular complexity index is 2050. The van der Waals surface area contributed by atoms with Gasteiger partial charge in [-0.3, -0.25) is 28.7 Å². The van der Waals surface area contributed by atoms with Crippen molar-refractivity contribution < 1.29 is 27.2 Å². The highest BCUT2D eigenvalue weighted by Crippen LogP contribution is 2.34. The molecule has 2 aromatic carbocycles. The molecule has 12 nitrogen and oxygen atoms in total. The lowest BCUT2D eigenvalue weighted by atomic mass is 10.1. The number of guanidine groups is 1. The van der Waals surface area contributed by atoms with Crippen molar-refractivity contribution in [2.75, 3.05) is 10.4 Å². The van der Waals surface area contributed by atoms with Crippen molar-refractivity contribution in [1.82, 2.24) is 13.7 Å². The molecule has 2 aromatic heterocycles. The third-order valence-corrected chi connectivity index (χ3v) is 7.56. The molecule has 1 fully saturated rings. The number of nitrogens with zero attached hydrogens (tertiary/aromatic N) is 4. The van der Waals surface area contributed by atoms with Crippen LogP contribution in [0.5, 0.6) is 0 Å². The lowest BCUT2D eigenvalue weighted by molar-refractivity contribution is -0.199. The van der Waals surface area contributed by atoms with E-state index in [2.05, 4.69) is 10.2 Å². The number of carbonyl (C=O) groups is 1. The molecule has 0 saturated heterocycles. The molecule has 1 aliphatic carbocycles. The fourth-order valence-corrected chi connectivity index (χ4v) is 5.16. The summed E-state index contributed by atoms with van der Waals surface area (Å²) in [5.41, 5.74) is 2.53. The molecule has 1 saturated carbocycles. The summed E-state index contributed by atoms with van der Waals surface area (Å²) in [5.74, 6) is -4.51. The molecular formula is C27H22F4IN7O5. The van der Waals surface area contributed by atoms with Crippen LogP contribution in [0.2, 0.25) is 0 Å². The summed E-state index contributed by atoms with van der Waals surface area (Å²) >= 11 is 1.92. The van der Waals surface area contributed by atoms with Crippen LogP contribution in [0.1, 0.15) is 24.4 Å². The number of anilines is 3. The first-order chi connectivity index (χ1) is 20.6. The number of hydrogen-bond acceptors (Lipinski definition) is 7. The largest absolute Gasteiger partial charge is 0.493 e. The van der Waals surface area contributed by atoms with Gasteiger partial charge in [-0.25, -0.2) is 14.0 Å². The molecule has 0 aliphatic heterocycles. The number of carbonyl (C=O) groups excluding carboxylic acids is 1. The second kappa shape index (κ2) is 11.1. The van der Waals surface area contributed by atoms with Crippen molar-refractivity contribution in [2.45, 2.75) is 32.0 Å². The van der Waals surface area contributed by atoms with E-state index in [1.807, 2.05) is 22.6 Å². The minimum Gasteiger partial charge on any atom is -0.367 e. The maximum atomic E-state index is 14.9. The molecule has 2 heterocycles. The van der Waals surface area contributed by atoms with Crippen LogP contribution in [0.3, 0.4) is 0 Å². The lowest BCUT2D eigenvalue weighted by Crippen LogP contribution is -2.42. The number of benzene rings is 2. The monoisotopic (exact) mass is 727 g/mol. The van der Waals surface area contributed by atoms with E-state index in [1.54, 1.807) is 6.07 Å². The van der Waals surface area contributed by atoms with E-state index in [4.69, 9.17) is 11.1 Å². The third kappa shape index (κ3) is 5.42. The average molecular weight is 727 g/mol. The van der Waals surface area contributed by atoms with E-state index >= 15 is 0 Å². The Labute approximate surface area is 257 Å². The zero-order valence-electron chi connectivity index (χ0n) is 22.8. The summed E-state index contributed by atoms with van der Waals surface area (Å²) in [7, 11) is 1.37. The van der Waals surface area contributed by atoms with Crippen LogP contribution in [0.15, 0.2) is 56.8 Å². The third-order valence-electron chi connectivity index (χ3n) is 6.89. The normalized spacial score (nSPS) is 13.2. The summed E-state index contributed by atoms with van der Waals surface area (Å²) in [6.45, 7) is 1.38. The van der Waals surface area contributed by atoms with Gasteiger partial charge in [0.15, 0.2) is 0 Å². The summed E-state index contributed by atoms with van der Waals surface area (Å²) in [4.78, 5) is 57.2. The Morgan fingerprint density at radius 2 is 1.82 bits per heavy atom. The number of halogens is 5. The van der Waals surface area contributed by atoms with Crippen molar-refractivity contribution >= 4 is 62.6 Å². The van der Waals surface area contributed by atoms with Crippen LogP contribution >= 0.6 is 22.6 Å². The minimum absolute atomic E-state index is 0.0365. The summed E-state index contributed by atoms with van der Waals surface area (Å²) < 4.78 is 57.4. The number of alkyl halides is 3. The fourth-order valence-electron chi connectivity index (χ4n) is 4.71. The van der Waals surface area contributed by atoms with Crippen molar-refractivity contribution in [3.63, 3.8) is 0 Å². The smallest absolute Gasteiger partial charge is 0.367 e. The van der Waals surface area contributed by atoms with E-state index < -0.39 is 46.8 Å². The van der Waals surface area contributed by atoms with Gasteiger partial charge in [0.25, 0.3) is 11.1 Å². The molecule has 0 radical (unpaired) electrons. The predicted octanol–water partition coefficient (Wildman–Crippen LogP) is 3.70. The van der Waals surface area contributed by atoms with Gasteiger partial charge in [-0.2, -0.15) is 13.2 Å². The van der Waals surface area contributed by atoms with Gasteiger partial charge in [-0.1, -0.05) is 6.07 Å². The molecule has 4 N–H and O–H groups in total. The fraction of sp³-hybridized carbons (Fsp3) is 0.222. The number of nitrogens with two attached hydrogens (primary N) is 1. The molecule has 0 bridgehead atoms. The highest BCUT2D eigenvalue weighted by molar-refractivity contribution is 14.1. The van der Waals surface area contributed by atoms with Gasteiger partial charge in [0.05, 0.1) is 22.6 Å². The van der Waals surface area contributed by atoms with Crippen molar-refractivity contribution in [3.05, 3.63) is 88.6 Å². The molecule has 5 rings (SSSR count). The van der Waals surface area contributed by atoms with Crippen molar-refractivity contribution in [2.24, 2.45) is 12.8 Å². The molecule has 0 atom stereocenters. The Morgan fingerprint density at radius 3 is 2.41 bits per heavy atom. The summed E-state index contributed by atoms with van der Waals surface area (Å²) in [5, 5.41) is 10.5. The SMILES string of the molecule is Cc1c(=O)n(C)c(Nc2ccc(I)cc2F)c2c(=O)n(C3CC3)c(=O)n(-c3cccc(N(OC(=O)C(F)(F)F)C(=N)N)c3)c12. The number of rotatable bonds is 5. The van der Waals surface area contributed by atoms with Gasteiger partial charge in [0, 0.05) is 22.2 Å². The van der Waals surface area contributed by atoms with E-state index in [1.165, 1.54) is 38.2 Å². The predicted molar refractivity (Wildman–Crippen MR) is 161 cm³/mol. The van der Waals surface area contributed by atoms with E-state index in [9.17, 15) is 36.7 Å². The second-order valence-electron chi connectivity index (χ2n) is 9.91. The Balaban J connectivity index is 1.82. The molecular weight excluding hydrogens is 705 g/mol. The van der Waals surface area contributed by atoms with E-state index in [-0.39, 0.29) is 44.4 Å². The number of hydrogen-bond donors (Lipinski definition) is 3. The highest BCUT2D eigenvalue weighted by atomic mass is 127. The van der Waals surface area contributed by atoms with Crippen LogP contribution in [-0.4, -0.2) is 31.8 Å². The quantitative estimate of drug-likeness (QED) is 0.0924. The van der Waals surface area contributed by atoms with Gasteiger partial charge in [0.1, 0.15) is 17.0 Å². The van der Waals surface area contributed by atoms with Crippen LogP contribution in [-0.2, 0) is 16.7 Å². The first-order valence-corrected chi connectivity index (χ1v) is 13.9. The van der Waals surface area contributed by atoms with Crippen molar-refractivity contribution in [1.29, 1.82) is 5.41 Å². The maximum absolute atomic E-state index is 14.9. The number of aromatic nitrogens is 3. The zero-order chi connectivity index (χ0) is 32.2. The Morgan fingerprint density at radius 1 is 1.14 bits per heavy atom. The number of nitrogens with one attached hydrogen (secondary N) is 2. The van der Waals surface area contributed by atoms with E-state index in [0.29, 0.717) is 16.4 Å². The Hall–Kier alpha value is -4.68. The minimum atomic E-state index is -5.41. The summed E-state index contributed by atoms with van der Waals surface area (Å²) in [6, 6.07) is 8.70. The van der Waals surface area contributed by atoms with E-state index in [0.717, 1.165) is 25.8 Å². The van der Waals surface area contributed by atoms with Gasteiger partial charge < -0.3 is 15.9 Å². The zero-order valence-corrected chi connectivity index (χ0v) is 25.0. The lowest BCUT2D eigenvalue weighted by Gasteiger charge is -2.23. The van der Waals surface area contributed by atoms with Gasteiger partial charge in [-0.15, -0.1) is 5.06 Å². The number of fused-ring (bicyclic) bond motifs is 1. The molecule has 4 aromatic rings. The highest BCUT2D eigenvalue weighted by Gasteiger charge is 2.43. The van der Waals surface area contributed by atoms with Gasteiger partial charge >= 0.3 is 17.8 Å². The van der Waals surface area contributed by atoms with Crippen molar-refractivity contribution in [3.8, 4) is 5.69 Å². The molecule has 17 heteroatoms. The maximum Gasteiger partial charge on any atom is 0.493 e. The number of pyridine rings is 1. The number of aryl methyl sites for hydroxylation is 1. The molecule has 0 unspecified atom stereocenters. The van der Waals surface area contributed by atoms with Crippen LogP contribution < -0.4 is 32.9 Å². The number of hydroxylamine groups is 1. The standard InChI is InChI=1S/C27H22F4IN7O5/c1-12-20-19(21(36(2)22(12)40)35-18-9-6-13(32)10-17(18)28)23(41)38(14-7-8-14)26(43)37(20)15-4-3-5-16(11-15)39(25(33)34)44-24(42)27(29,30)31/h3-6,9-11,14,35H,7-8H2,1-2H3,(H3,33,34). The van der Waals surface area contributed by atoms with Crippen LogP contribution in [0.25, 0.3) is 16.6 Å². The van der Waals surface area contributed by atoms with Crippen LogP contribution in [0.4, 0.5) is 34.8 Å². The van der Waals surface area contributed by atoms with Gasteiger partial charge in [-0.05, 0) is 78.8 Å². The Kier molecular flexibility index (Phi) is 7.77. The summed E-state index contributed by atoms with van der Waals surface area (Å²) in [6.07, 6.45) is -4.40. The molecule has 44 heavy (non-hydrogen) atoms. The molecule has 1 aliphatic rings. The second-order valence-corrected chi connectivity index (χ2v) is 11.2. The molecule has 0 spiro atoms. The molecule has 230 valence electrons. The first-order valence-electron chi connectivity index (χ1n) is 12.8. The molecule has 0 amide bonds. The van der Waals surface area contributed by atoms with Gasteiger partial charge in [0.2, 0.25) is 5.96 Å². The topological polar surface area (TPSA) is 157 Å².